The molecule has 2 aromatic rings. The van der Waals surface area contributed by atoms with E-state index in [2.05, 4.69) is 21.2 Å². The second kappa shape index (κ2) is 13.0. The molecular weight excluding hydrogens is 436 g/mol. The number of hydrazone groups is 1. The molecule has 0 spiro atoms. The molecular formula is C25H32N4O5. The average molecular weight is 469 g/mol. The van der Waals surface area contributed by atoms with E-state index in [1.165, 1.54) is 6.21 Å². The van der Waals surface area contributed by atoms with Crippen LogP contribution in [0.1, 0.15) is 43.9 Å². The van der Waals surface area contributed by atoms with Crippen molar-refractivity contribution in [2.24, 2.45) is 5.10 Å². The first kappa shape index (κ1) is 26.4. The molecule has 0 heterocycles. The first-order chi connectivity index (χ1) is 16.2. The van der Waals surface area contributed by atoms with Gasteiger partial charge in [-0.3, -0.25) is 14.4 Å². The van der Waals surface area contributed by atoms with Crippen LogP contribution in [0.4, 0.5) is 5.69 Å². The molecule has 1 atom stereocenters. The number of hydrogen-bond acceptors (Lipinski definition) is 6. The van der Waals surface area contributed by atoms with Crippen LogP contribution < -0.4 is 25.5 Å². The van der Waals surface area contributed by atoms with Crippen LogP contribution in [0.5, 0.6) is 11.5 Å². The van der Waals surface area contributed by atoms with Gasteiger partial charge >= 0.3 is 11.8 Å². The summed E-state index contributed by atoms with van der Waals surface area (Å²) in [6, 6.07) is 10.7. The largest absolute Gasteiger partial charge is 0.490 e. The standard InChI is InChI=1S/C25H32N4O5/c1-6-18(5)27-24(31)25(32)29-26-14-19-8-9-21(22(13-19)33-7-2)34-15-23(30)28-20-11-16(3)10-17(4)12-20/h8-14,18H,6-7,15H2,1-5H3,(H,27,31)(H,28,30)(H,29,32)/b26-14-/t18-/m1/s1. The van der Waals surface area contributed by atoms with Crippen molar-refractivity contribution in [2.45, 2.75) is 47.1 Å². The van der Waals surface area contributed by atoms with Gasteiger partial charge in [-0.15, -0.1) is 0 Å². The number of hydrogen-bond donors (Lipinski definition) is 3. The maximum Gasteiger partial charge on any atom is 0.329 e. The van der Waals surface area contributed by atoms with Gasteiger partial charge in [-0.1, -0.05) is 13.0 Å². The van der Waals surface area contributed by atoms with Crippen molar-refractivity contribution in [1.82, 2.24) is 10.7 Å². The summed E-state index contributed by atoms with van der Waals surface area (Å²) in [7, 11) is 0. The van der Waals surface area contributed by atoms with Crippen LogP contribution in [0.2, 0.25) is 0 Å². The molecule has 34 heavy (non-hydrogen) atoms. The predicted octanol–water partition coefficient (Wildman–Crippen LogP) is 3.08. The molecule has 182 valence electrons. The predicted molar refractivity (Wildman–Crippen MR) is 131 cm³/mol. The maximum absolute atomic E-state index is 12.3. The maximum atomic E-state index is 12.3. The van der Waals surface area contributed by atoms with Crippen LogP contribution in [-0.4, -0.2) is 43.2 Å². The van der Waals surface area contributed by atoms with Gasteiger partial charge in [0.2, 0.25) is 0 Å². The third-order valence-electron chi connectivity index (χ3n) is 4.71. The molecule has 0 aliphatic rings. The van der Waals surface area contributed by atoms with Gasteiger partial charge in [-0.05, 0) is 81.1 Å². The Morgan fingerprint density at radius 3 is 2.32 bits per heavy atom. The van der Waals surface area contributed by atoms with Crippen LogP contribution in [0.15, 0.2) is 41.5 Å². The summed E-state index contributed by atoms with van der Waals surface area (Å²) in [5.41, 5.74) is 5.62. The first-order valence-corrected chi connectivity index (χ1v) is 11.1. The number of nitrogens with zero attached hydrogens (tertiary/aromatic N) is 1. The highest BCUT2D eigenvalue weighted by atomic mass is 16.5. The fourth-order valence-electron chi connectivity index (χ4n) is 2.99. The van der Waals surface area contributed by atoms with Crippen LogP contribution in [0.3, 0.4) is 0 Å². The molecule has 9 nitrogen and oxygen atoms in total. The summed E-state index contributed by atoms with van der Waals surface area (Å²) in [6.07, 6.45) is 2.09. The molecule has 9 heteroatoms. The van der Waals surface area contributed by atoms with Crippen LogP contribution >= 0.6 is 0 Å². The number of carbonyl (C=O) groups is 3. The molecule has 2 aromatic carbocycles. The van der Waals surface area contributed by atoms with E-state index in [-0.39, 0.29) is 18.6 Å². The van der Waals surface area contributed by atoms with E-state index in [0.29, 0.717) is 35.8 Å². The van der Waals surface area contributed by atoms with Crippen LogP contribution in [0, 0.1) is 13.8 Å². The van der Waals surface area contributed by atoms with Gasteiger partial charge in [0.1, 0.15) is 0 Å². The van der Waals surface area contributed by atoms with E-state index < -0.39 is 11.8 Å². The zero-order valence-electron chi connectivity index (χ0n) is 20.2. The molecule has 0 unspecified atom stereocenters. The van der Waals surface area contributed by atoms with Gasteiger partial charge in [-0.25, -0.2) is 5.43 Å². The minimum Gasteiger partial charge on any atom is -0.490 e. The lowest BCUT2D eigenvalue weighted by atomic mass is 10.1. The molecule has 0 saturated carbocycles. The van der Waals surface area contributed by atoms with E-state index in [9.17, 15) is 14.4 Å². The molecule has 2 rings (SSSR count). The smallest absolute Gasteiger partial charge is 0.329 e. The number of benzene rings is 2. The number of carbonyl (C=O) groups excluding carboxylic acids is 3. The van der Waals surface area contributed by atoms with Gasteiger partial charge in [0, 0.05) is 11.7 Å². The van der Waals surface area contributed by atoms with Crippen molar-refractivity contribution in [3.63, 3.8) is 0 Å². The Bertz CT molecular complexity index is 1030. The third-order valence-corrected chi connectivity index (χ3v) is 4.71. The summed E-state index contributed by atoms with van der Waals surface area (Å²) in [5.74, 6) is -1.07. The molecule has 0 aromatic heterocycles. The lowest BCUT2D eigenvalue weighted by molar-refractivity contribution is -0.139. The van der Waals surface area contributed by atoms with E-state index in [1.807, 2.05) is 45.9 Å². The Morgan fingerprint density at radius 1 is 0.971 bits per heavy atom. The van der Waals surface area contributed by atoms with Gasteiger partial charge in [0.15, 0.2) is 18.1 Å². The van der Waals surface area contributed by atoms with E-state index in [4.69, 9.17) is 9.47 Å². The highest BCUT2D eigenvalue weighted by Gasteiger charge is 2.14. The normalized spacial score (nSPS) is 11.6. The average Bonchev–Trinajstić information content (AvgIpc) is 2.77. The summed E-state index contributed by atoms with van der Waals surface area (Å²) >= 11 is 0. The fourth-order valence-corrected chi connectivity index (χ4v) is 2.99. The second-order valence-corrected chi connectivity index (χ2v) is 7.83. The van der Waals surface area contributed by atoms with Crippen molar-refractivity contribution in [1.29, 1.82) is 0 Å². The van der Waals surface area contributed by atoms with Crippen molar-refractivity contribution >= 4 is 29.6 Å². The molecule has 0 saturated heterocycles. The zero-order valence-corrected chi connectivity index (χ0v) is 20.2. The minimum absolute atomic E-state index is 0.105. The number of aryl methyl sites for hydroxylation is 2. The van der Waals surface area contributed by atoms with E-state index >= 15 is 0 Å². The van der Waals surface area contributed by atoms with Crippen molar-refractivity contribution in [3.05, 3.63) is 53.1 Å². The zero-order chi connectivity index (χ0) is 25.1. The number of anilines is 1. The molecule has 3 N–H and O–H groups in total. The van der Waals surface area contributed by atoms with Crippen LogP contribution in [-0.2, 0) is 14.4 Å². The Labute approximate surface area is 199 Å². The van der Waals surface area contributed by atoms with Crippen molar-refractivity contribution < 1.29 is 23.9 Å². The summed E-state index contributed by atoms with van der Waals surface area (Å²) < 4.78 is 11.3. The molecule has 0 aliphatic carbocycles. The van der Waals surface area contributed by atoms with Gasteiger partial charge in [-0.2, -0.15) is 5.10 Å². The lowest BCUT2D eigenvalue weighted by Crippen LogP contribution is -2.41. The molecule has 0 bridgehead atoms. The SMILES string of the molecule is CCOc1cc(/C=N\NC(=O)C(=O)N[C@H](C)CC)ccc1OCC(=O)Nc1cc(C)cc(C)c1. The van der Waals surface area contributed by atoms with Gasteiger partial charge in [0.25, 0.3) is 5.91 Å². The number of nitrogens with one attached hydrogen (secondary N) is 3. The quantitative estimate of drug-likeness (QED) is 0.281. The topological polar surface area (TPSA) is 118 Å². The Balaban J connectivity index is 1.97. The highest BCUT2D eigenvalue weighted by molar-refractivity contribution is 6.35. The van der Waals surface area contributed by atoms with Crippen molar-refractivity contribution in [2.75, 3.05) is 18.5 Å². The number of rotatable bonds is 10. The van der Waals surface area contributed by atoms with Crippen LogP contribution in [0.25, 0.3) is 0 Å². The molecule has 0 aliphatic heterocycles. The molecule has 3 amide bonds. The van der Waals surface area contributed by atoms with Gasteiger partial charge in [0.05, 0.1) is 12.8 Å². The number of ether oxygens (including phenoxy) is 2. The lowest BCUT2D eigenvalue weighted by Gasteiger charge is -2.13. The summed E-state index contributed by atoms with van der Waals surface area (Å²) in [6.45, 7) is 9.66. The Hall–Kier alpha value is -3.88. The highest BCUT2D eigenvalue weighted by Crippen LogP contribution is 2.28. The van der Waals surface area contributed by atoms with Crippen molar-refractivity contribution in [3.8, 4) is 11.5 Å². The Kier molecular flexibility index (Phi) is 10.1. The molecule has 0 radical (unpaired) electrons. The monoisotopic (exact) mass is 468 g/mol. The summed E-state index contributed by atoms with van der Waals surface area (Å²) in [5, 5.41) is 9.20. The Morgan fingerprint density at radius 2 is 1.68 bits per heavy atom. The fraction of sp³-hybridized carbons (Fsp3) is 0.360. The molecule has 0 fully saturated rings. The summed E-state index contributed by atoms with van der Waals surface area (Å²) in [4.78, 5) is 35.9. The second-order valence-electron chi connectivity index (χ2n) is 7.83. The minimum atomic E-state index is -0.851. The van der Waals surface area contributed by atoms with Gasteiger partial charge < -0.3 is 20.1 Å². The first-order valence-electron chi connectivity index (χ1n) is 11.1. The third kappa shape index (κ3) is 8.57. The van der Waals surface area contributed by atoms with E-state index in [1.54, 1.807) is 25.1 Å². The number of amides is 3. The van der Waals surface area contributed by atoms with E-state index in [0.717, 1.165) is 11.1 Å².